The molecular formula is C17H22N2O2. The Balaban J connectivity index is 1.79. The molecule has 4 heteroatoms. The molecule has 0 saturated heterocycles. The Labute approximate surface area is 126 Å². The zero-order valence-electron chi connectivity index (χ0n) is 12.6. The lowest BCUT2D eigenvalue weighted by Crippen LogP contribution is -2.18. The minimum atomic E-state index is 0.493. The van der Waals surface area contributed by atoms with Gasteiger partial charge in [-0.05, 0) is 36.8 Å². The minimum Gasteiger partial charge on any atom is -0.487 e. The zero-order chi connectivity index (χ0) is 14.9. The average Bonchev–Trinajstić information content (AvgIpc) is 2.51. The summed E-state index contributed by atoms with van der Waals surface area (Å²) in [5, 5.41) is 3.31. The predicted molar refractivity (Wildman–Crippen MR) is 83.3 cm³/mol. The molecule has 0 spiro atoms. The molecule has 0 amide bonds. The molecule has 1 N–H and O–H groups in total. The lowest BCUT2D eigenvalue weighted by molar-refractivity contribution is 0.199. The smallest absolute Gasteiger partial charge is 0.130 e. The number of nitrogens with one attached hydrogen (secondary N) is 1. The van der Waals surface area contributed by atoms with Crippen LogP contribution in [0.3, 0.4) is 0 Å². The van der Waals surface area contributed by atoms with Crippen LogP contribution in [0.1, 0.15) is 17.0 Å². The quantitative estimate of drug-likeness (QED) is 0.758. The maximum Gasteiger partial charge on any atom is 0.130 e. The summed E-state index contributed by atoms with van der Waals surface area (Å²) in [7, 11) is 1.71. The molecule has 4 nitrogen and oxygen atoms in total. The van der Waals surface area contributed by atoms with Gasteiger partial charge in [-0.25, -0.2) is 0 Å². The van der Waals surface area contributed by atoms with E-state index in [0.717, 1.165) is 36.8 Å². The van der Waals surface area contributed by atoms with Crippen molar-refractivity contribution in [1.82, 2.24) is 10.3 Å². The maximum absolute atomic E-state index is 5.74. The first-order valence-electron chi connectivity index (χ1n) is 7.12. The van der Waals surface area contributed by atoms with Crippen molar-refractivity contribution in [3.05, 3.63) is 59.4 Å². The molecular weight excluding hydrogens is 264 g/mol. The van der Waals surface area contributed by atoms with E-state index in [-0.39, 0.29) is 0 Å². The second-order valence-electron chi connectivity index (χ2n) is 4.87. The highest BCUT2D eigenvalue weighted by atomic mass is 16.5. The fourth-order valence-electron chi connectivity index (χ4n) is 1.95. The van der Waals surface area contributed by atoms with Gasteiger partial charge in [-0.1, -0.05) is 18.2 Å². The Hall–Kier alpha value is -1.91. The number of aryl methyl sites for hydroxylation is 1. The Morgan fingerprint density at radius 1 is 1.10 bits per heavy atom. The molecule has 0 atom stereocenters. The maximum atomic E-state index is 5.74. The van der Waals surface area contributed by atoms with Gasteiger partial charge in [0.15, 0.2) is 0 Å². The summed E-state index contributed by atoms with van der Waals surface area (Å²) in [4.78, 5) is 4.42. The first-order valence-corrected chi connectivity index (χ1v) is 7.12. The van der Waals surface area contributed by atoms with E-state index in [9.17, 15) is 0 Å². The lowest BCUT2D eigenvalue weighted by Gasteiger charge is -2.08. The second-order valence-corrected chi connectivity index (χ2v) is 4.87. The number of pyridine rings is 1. The van der Waals surface area contributed by atoms with Crippen LogP contribution in [0.25, 0.3) is 0 Å². The molecule has 0 unspecified atom stereocenters. The van der Waals surface area contributed by atoms with Crippen LogP contribution in [0, 0.1) is 6.92 Å². The van der Waals surface area contributed by atoms with Crippen LogP contribution in [0.5, 0.6) is 5.75 Å². The minimum absolute atomic E-state index is 0.493. The van der Waals surface area contributed by atoms with Crippen molar-refractivity contribution >= 4 is 0 Å². The SMILES string of the molecule is COCCNCc1ccc(OCc2cccc(C)n2)cc1. The summed E-state index contributed by atoms with van der Waals surface area (Å²) >= 11 is 0. The van der Waals surface area contributed by atoms with Gasteiger partial charge in [0.1, 0.15) is 12.4 Å². The van der Waals surface area contributed by atoms with E-state index in [1.54, 1.807) is 7.11 Å². The number of methoxy groups -OCH3 is 1. The Morgan fingerprint density at radius 3 is 2.62 bits per heavy atom. The molecule has 0 aliphatic heterocycles. The molecule has 0 aliphatic carbocycles. The van der Waals surface area contributed by atoms with E-state index >= 15 is 0 Å². The third-order valence-corrected chi connectivity index (χ3v) is 3.07. The molecule has 1 aromatic carbocycles. The van der Waals surface area contributed by atoms with E-state index in [4.69, 9.17) is 9.47 Å². The van der Waals surface area contributed by atoms with Gasteiger partial charge >= 0.3 is 0 Å². The number of aromatic nitrogens is 1. The van der Waals surface area contributed by atoms with Crippen LogP contribution in [0.4, 0.5) is 0 Å². The van der Waals surface area contributed by atoms with Gasteiger partial charge < -0.3 is 14.8 Å². The van der Waals surface area contributed by atoms with Gasteiger partial charge in [0, 0.05) is 25.9 Å². The summed E-state index contributed by atoms with van der Waals surface area (Å²) in [6.07, 6.45) is 0. The molecule has 1 heterocycles. The van der Waals surface area contributed by atoms with E-state index in [0.29, 0.717) is 6.61 Å². The number of ether oxygens (including phenoxy) is 2. The number of rotatable bonds is 8. The summed E-state index contributed by atoms with van der Waals surface area (Å²) in [6.45, 7) is 4.89. The average molecular weight is 286 g/mol. The molecule has 0 saturated carbocycles. The van der Waals surface area contributed by atoms with Gasteiger partial charge in [-0.3, -0.25) is 4.98 Å². The van der Waals surface area contributed by atoms with Crippen LogP contribution in [0.2, 0.25) is 0 Å². The Bertz CT molecular complexity index is 541. The van der Waals surface area contributed by atoms with Gasteiger partial charge in [0.05, 0.1) is 12.3 Å². The third-order valence-electron chi connectivity index (χ3n) is 3.07. The molecule has 112 valence electrons. The highest BCUT2D eigenvalue weighted by Gasteiger charge is 1.99. The Morgan fingerprint density at radius 2 is 1.90 bits per heavy atom. The van der Waals surface area contributed by atoms with Crippen molar-refractivity contribution in [3.8, 4) is 5.75 Å². The zero-order valence-corrected chi connectivity index (χ0v) is 12.6. The van der Waals surface area contributed by atoms with Crippen molar-refractivity contribution in [2.75, 3.05) is 20.3 Å². The van der Waals surface area contributed by atoms with Crippen LogP contribution in [-0.2, 0) is 17.9 Å². The summed E-state index contributed by atoms with van der Waals surface area (Å²) in [6, 6.07) is 14.1. The van der Waals surface area contributed by atoms with Crippen molar-refractivity contribution in [3.63, 3.8) is 0 Å². The fraction of sp³-hybridized carbons (Fsp3) is 0.353. The van der Waals surface area contributed by atoms with Crippen LogP contribution >= 0.6 is 0 Å². The number of nitrogens with zero attached hydrogens (tertiary/aromatic N) is 1. The monoisotopic (exact) mass is 286 g/mol. The molecule has 2 aromatic rings. The Kier molecular flexibility index (Phi) is 6.19. The van der Waals surface area contributed by atoms with Crippen LogP contribution in [-0.4, -0.2) is 25.2 Å². The predicted octanol–water partition coefficient (Wildman–Crippen LogP) is 2.71. The number of hydrogen-bond donors (Lipinski definition) is 1. The van der Waals surface area contributed by atoms with Gasteiger partial charge in [-0.2, -0.15) is 0 Å². The van der Waals surface area contributed by atoms with Crippen molar-refractivity contribution in [2.24, 2.45) is 0 Å². The molecule has 0 fully saturated rings. The second kappa shape index (κ2) is 8.39. The molecule has 2 rings (SSSR count). The van der Waals surface area contributed by atoms with Gasteiger partial charge in [-0.15, -0.1) is 0 Å². The van der Waals surface area contributed by atoms with Crippen LogP contribution < -0.4 is 10.1 Å². The topological polar surface area (TPSA) is 43.4 Å². The van der Waals surface area contributed by atoms with Gasteiger partial charge in [0.2, 0.25) is 0 Å². The molecule has 0 radical (unpaired) electrons. The van der Waals surface area contributed by atoms with Crippen LogP contribution in [0.15, 0.2) is 42.5 Å². The van der Waals surface area contributed by atoms with E-state index in [1.807, 2.05) is 37.3 Å². The highest BCUT2D eigenvalue weighted by molar-refractivity contribution is 5.27. The number of hydrogen-bond acceptors (Lipinski definition) is 4. The summed E-state index contributed by atoms with van der Waals surface area (Å²) < 4.78 is 10.7. The molecule has 0 bridgehead atoms. The normalized spacial score (nSPS) is 10.6. The van der Waals surface area contributed by atoms with Gasteiger partial charge in [0.25, 0.3) is 0 Å². The van der Waals surface area contributed by atoms with E-state index < -0.39 is 0 Å². The van der Waals surface area contributed by atoms with Crippen molar-refractivity contribution < 1.29 is 9.47 Å². The molecule has 0 aliphatic rings. The van der Waals surface area contributed by atoms with E-state index in [1.165, 1.54) is 5.56 Å². The summed E-state index contributed by atoms with van der Waals surface area (Å²) in [5.74, 6) is 0.860. The molecule has 1 aromatic heterocycles. The first kappa shape index (κ1) is 15.5. The fourth-order valence-corrected chi connectivity index (χ4v) is 1.95. The first-order chi connectivity index (χ1) is 10.3. The largest absolute Gasteiger partial charge is 0.487 e. The molecule has 21 heavy (non-hydrogen) atoms. The van der Waals surface area contributed by atoms with Crippen molar-refractivity contribution in [1.29, 1.82) is 0 Å². The third kappa shape index (κ3) is 5.53. The van der Waals surface area contributed by atoms with Crippen molar-refractivity contribution in [2.45, 2.75) is 20.1 Å². The summed E-state index contributed by atoms with van der Waals surface area (Å²) in [5.41, 5.74) is 3.18. The standard InChI is InChI=1S/C17H22N2O2/c1-14-4-3-5-16(19-14)13-21-17-8-6-15(7-9-17)12-18-10-11-20-2/h3-9,18H,10-13H2,1-2H3. The highest BCUT2D eigenvalue weighted by Crippen LogP contribution is 2.13. The lowest BCUT2D eigenvalue weighted by atomic mass is 10.2. The number of benzene rings is 1. The van der Waals surface area contributed by atoms with E-state index in [2.05, 4.69) is 22.4 Å².